The Morgan fingerprint density at radius 2 is 1.93 bits per heavy atom. The predicted molar refractivity (Wildman–Crippen MR) is 67.8 cm³/mol. The highest BCUT2D eigenvalue weighted by Gasteiger charge is 1.96. The number of nitrogens with zero attached hydrogens (tertiary/aromatic N) is 1. The van der Waals surface area contributed by atoms with E-state index < -0.39 is 0 Å². The molecule has 1 aromatic heterocycles. The van der Waals surface area contributed by atoms with Crippen molar-refractivity contribution in [1.29, 1.82) is 0 Å². The van der Waals surface area contributed by atoms with Gasteiger partial charge in [0.15, 0.2) is 0 Å². The largest absolute Gasteiger partial charge is 0.256 e. The molecule has 15 heavy (non-hydrogen) atoms. The molecular formula is C14H17N. The van der Waals surface area contributed by atoms with Gasteiger partial charge in [-0.3, -0.25) is 4.98 Å². The van der Waals surface area contributed by atoms with Crippen LogP contribution in [0, 0.1) is 0 Å². The smallest absolute Gasteiger partial charge is 0.0702 e. The Morgan fingerprint density at radius 3 is 2.60 bits per heavy atom. The third-order valence-corrected chi connectivity index (χ3v) is 2.10. The Bertz CT molecular complexity index is 458. The molecule has 1 nitrogen and oxygen atoms in total. The topological polar surface area (TPSA) is 12.9 Å². The molecule has 0 N–H and O–H groups in total. The fourth-order valence-corrected chi connectivity index (χ4v) is 1.34. The summed E-state index contributed by atoms with van der Waals surface area (Å²) < 4.78 is 0. The Kier molecular flexibility index (Phi) is 4.04. The average Bonchev–Trinajstić information content (AvgIpc) is 2.31. The first-order valence-corrected chi connectivity index (χ1v) is 5.28. The summed E-state index contributed by atoms with van der Waals surface area (Å²) in [5.74, 6) is 0. The molecule has 0 aliphatic rings. The summed E-state index contributed by atoms with van der Waals surface area (Å²) in [5.41, 5.74) is 3.30. The Balaban J connectivity index is 0.000000531. The molecule has 0 aliphatic heterocycles. The summed E-state index contributed by atoms with van der Waals surface area (Å²) >= 11 is 0. The van der Waals surface area contributed by atoms with Crippen molar-refractivity contribution >= 4 is 16.5 Å². The number of aromatic nitrogens is 1. The summed E-state index contributed by atoms with van der Waals surface area (Å²) in [4.78, 5) is 4.25. The maximum Gasteiger partial charge on any atom is 0.0702 e. The van der Waals surface area contributed by atoms with Gasteiger partial charge in [-0.05, 0) is 30.7 Å². The van der Waals surface area contributed by atoms with E-state index in [0.29, 0.717) is 0 Å². The van der Waals surface area contributed by atoms with Crippen molar-refractivity contribution in [2.24, 2.45) is 0 Å². The zero-order chi connectivity index (χ0) is 11.3. The number of hydrogen-bond donors (Lipinski definition) is 0. The Hall–Kier alpha value is -1.63. The molecule has 2 rings (SSSR count). The molecule has 0 saturated heterocycles. The van der Waals surface area contributed by atoms with Crippen LogP contribution in [0.15, 0.2) is 43.1 Å². The first kappa shape index (κ1) is 11.4. The van der Waals surface area contributed by atoms with Gasteiger partial charge in [0, 0.05) is 11.6 Å². The number of pyridine rings is 1. The van der Waals surface area contributed by atoms with Crippen molar-refractivity contribution in [3.63, 3.8) is 0 Å². The van der Waals surface area contributed by atoms with Crippen molar-refractivity contribution in [2.45, 2.75) is 20.8 Å². The Labute approximate surface area is 91.5 Å². The number of benzene rings is 1. The van der Waals surface area contributed by atoms with Crippen molar-refractivity contribution in [3.05, 3.63) is 48.7 Å². The van der Waals surface area contributed by atoms with Crippen LogP contribution in [0.5, 0.6) is 0 Å². The van der Waals surface area contributed by atoms with Gasteiger partial charge >= 0.3 is 0 Å². The number of fused-ring (bicyclic) bond motifs is 1. The van der Waals surface area contributed by atoms with Crippen LogP contribution in [-0.2, 0) is 0 Å². The maximum absolute atomic E-state index is 4.25. The summed E-state index contributed by atoms with van der Waals surface area (Å²) in [6, 6.07) is 10.2. The van der Waals surface area contributed by atoms with E-state index >= 15 is 0 Å². The second kappa shape index (κ2) is 5.30. The lowest BCUT2D eigenvalue weighted by Crippen LogP contribution is -1.80. The number of rotatable bonds is 1. The van der Waals surface area contributed by atoms with Crippen LogP contribution in [0.3, 0.4) is 0 Å². The van der Waals surface area contributed by atoms with Crippen LogP contribution in [0.4, 0.5) is 0 Å². The zero-order valence-electron chi connectivity index (χ0n) is 9.62. The van der Waals surface area contributed by atoms with Crippen LogP contribution in [0.2, 0.25) is 0 Å². The summed E-state index contributed by atoms with van der Waals surface area (Å²) in [6.45, 7) is 9.92. The van der Waals surface area contributed by atoms with Crippen molar-refractivity contribution < 1.29 is 0 Å². The van der Waals surface area contributed by atoms with Gasteiger partial charge in [0.2, 0.25) is 0 Å². The van der Waals surface area contributed by atoms with Gasteiger partial charge in [-0.25, -0.2) is 0 Å². The molecule has 1 heteroatoms. The second-order valence-corrected chi connectivity index (χ2v) is 3.19. The fourth-order valence-electron chi connectivity index (χ4n) is 1.34. The molecule has 0 spiro atoms. The zero-order valence-corrected chi connectivity index (χ0v) is 9.62. The lowest BCUT2D eigenvalue weighted by atomic mass is 10.1. The molecule has 0 fully saturated rings. The SMILES string of the molecule is C=C(C)c1ccc2ncccc2c1.CC. The van der Waals surface area contributed by atoms with Gasteiger partial charge in [-0.2, -0.15) is 0 Å². The van der Waals surface area contributed by atoms with E-state index in [4.69, 9.17) is 0 Å². The lowest BCUT2D eigenvalue weighted by Gasteiger charge is -2.01. The minimum absolute atomic E-state index is 1.03. The minimum atomic E-state index is 1.03. The summed E-state index contributed by atoms with van der Waals surface area (Å²) in [6.07, 6.45) is 1.81. The molecule has 1 aromatic carbocycles. The van der Waals surface area contributed by atoms with Gasteiger partial charge in [0.25, 0.3) is 0 Å². The minimum Gasteiger partial charge on any atom is -0.256 e. The quantitative estimate of drug-likeness (QED) is 0.667. The molecule has 0 bridgehead atoms. The van der Waals surface area contributed by atoms with Crippen molar-refractivity contribution in [1.82, 2.24) is 4.98 Å². The Morgan fingerprint density at radius 1 is 1.20 bits per heavy atom. The summed E-state index contributed by atoms with van der Waals surface area (Å²) in [7, 11) is 0. The maximum atomic E-state index is 4.25. The molecule has 0 amide bonds. The van der Waals surface area contributed by atoms with Gasteiger partial charge < -0.3 is 0 Å². The molecule has 0 saturated carbocycles. The molecular weight excluding hydrogens is 182 g/mol. The first-order valence-electron chi connectivity index (χ1n) is 5.28. The highest BCUT2D eigenvalue weighted by Crippen LogP contribution is 2.17. The van der Waals surface area contributed by atoms with E-state index in [9.17, 15) is 0 Å². The van der Waals surface area contributed by atoms with Crippen LogP contribution < -0.4 is 0 Å². The number of hydrogen-bond acceptors (Lipinski definition) is 1. The van der Waals surface area contributed by atoms with Crippen molar-refractivity contribution in [2.75, 3.05) is 0 Å². The highest BCUT2D eigenvalue weighted by atomic mass is 14.6. The highest BCUT2D eigenvalue weighted by molar-refractivity contribution is 5.82. The van der Waals surface area contributed by atoms with E-state index in [2.05, 4.69) is 29.8 Å². The molecule has 0 unspecified atom stereocenters. The first-order chi connectivity index (χ1) is 7.27. The molecule has 78 valence electrons. The van der Waals surface area contributed by atoms with E-state index in [1.165, 1.54) is 10.9 Å². The normalized spacial score (nSPS) is 9.27. The lowest BCUT2D eigenvalue weighted by molar-refractivity contribution is 1.41. The van der Waals surface area contributed by atoms with E-state index in [1.807, 2.05) is 39.1 Å². The van der Waals surface area contributed by atoms with Crippen LogP contribution >= 0.6 is 0 Å². The van der Waals surface area contributed by atoms with Crippen molar-refractivity contribution in [3.8, 4) is 0 Å². The molecule has 0 radical (unpaired) electrons. The van der Waals surface area contributed by atoms with Gasteiger partial charge in [0.1, 0.15) is 0 Å². The van der Waals surface area contributed by atoms with E-state index in [0.717, 1.165) is 11.1 Å². The monoisotopic (exact) mass is 199 g/mol. The van der Waals surface area contributed by atoms with E-state index in [-0.39, 0.29) is 0 Å². The molecule has 2 aromatic rings. The van der Waals surface area contributed by atoms with E-state index in [1.54, 1.807) is 0 Å². The van der Waals surface area contributed by atoms with Gasteiger partial charge in [-0.15, -0.1) is 0 Å². The second-order valence-electron chi connectivity index (χ2n) is 3.19. The average molecular weight is 199 g/mol. The van der Waals surface area contributed by atoms with Gasteiger partial charge in [-0.1, -0.05) is 38.1 Å². The third kappa shape index (κ3) is 2.66. The molecule has 1 heterocycles. The van der Waals surface area contributed by atoms with Crippen LogP contribution in [0.1, 0.15) is 26.3 Å². The predicted octanol–water partition coefficient (Wildman–Crippen LogP) is 4.29. The fraction of sp³-hybridized carbons (Fsp3) is 0.214. The van der Waals surface area contributed by atoms with Crippen LogP contribution in [0.25, 0.3) is 16.5 Å². The van der Waals surface area contributed by atoms with Gasteiger partial charge in [0.05, 0.1) is 5.52 Å². The van der Waals surface area contributed by atoms with Crippen LogP contribution in [-0.4, -0.2) is 4.98 Å². The molecule has 0 atom stereocenters. The standard InChI is InChI=1S/C12H11N.C2H6/c1-9(2)10-5-6-12-11(8-10)4-3-7-13-12;1-2/h3-8H,1H2,2H3;1-2H3. The summed E-state index contributed by atoms with van der Waals surface area (Å²) in [5, 5.41) is 1.17. The third-order valence-electron chi connectivity index (χ3n) is 2.10. The molecule has 0 aliphatic carbocycles. The number of allylic oxidation sites excluding steroid dienone is 1.